The topological polar surface area (TPSA) is 38.9 Å². The van der Waals surface area contributed by atoms with Gasteiger partial charge in [-0.25, -0.2) is 13.8 Å². The molecular weight excluding hydrogens is 286 g/mol. The molecule has 0 aliphatic rings. The highest BCUT2D eigenvalue weighted by Crippen LogP contribution is 2.40. The maximum atomic E-state index is 13.3. The van der Waals surface area contributed by atoms with Gasteiger partial charge in [0.2, 0.25) is 0 Å². The van der Waals surface area contributed by atoms with Crippen LogP contribution in [0.25, 0.3) is 21.0 Å². The fraction of sp³-hybridized carbons (Fsp3) is 0. The molecule has 0 bridgehead atoms. The van der Waals surface area contributed by atoms with Crippen molar-refractivity contribution < 1.29 is 8.78 Å². The zero-order valence-corrected chi connectivity index (χ0v) is 11.2. The first-order valence-corrected chi connectivity index (χ1v) is 7.10. The number of nitrogen functional groups attached to an aromatic ring is 1. The zero-order valence-electron chi connectivity index (χ0n) is 9.56. The normalized spacial score (nSPS) is 10.8. The Morgan fingerprint density at radius 3 is 2.63 bits per heavy atom. The molecule has 6 heteroatoms. The van der Waals surface area contributed by atoms with Gasteiger partial charge in [0, 0.05) is 10.4 Å². The van der Waals surface area contributed by atoms with Gasteiger partial charge in [-0.2, -0.15) is 0 Å². The molecule has 0 saturated carbocycles. The number of aromatic nitrogens is 1. The van der Waals surface area contributed by atoms with E-state index in [9.17, 15) is 8.78 Å². The summed E-state index contributed by atoms with van der Waals surface area (Å²) in [5.74, 6) is -1.76. The highest BCUT2D eigenvalue weighted by atomic mass is 32.1. The van der Waals surface area contributed by atoms with Crippen molar-refractivity contribution in [3.8, 4) is 21.0 Å². The van der Waals surface area contributed by atoms with E-state index >= 15 is 0 Å². The number of thiophene rings is 1. The monoisotopic (exact) mass is 294 g/mol. The highest BCUT2D eigenvalue weighted by molar-refractivity contribution is 7.23. The number of nitrogens with two attached hydrogens (primary N) is 1. The number of hydrogen-bond donors (Lipinski definition) is 1. The summed E-state index contributed by atoms with van der Waals surface area (Å²) >= 11 is 2.89. The first kappa shape index (κ1) is 12.3. The fourth-order valence-electron chi connectivity index (χ4n) is 1.75. The Bertz CT molecular complexity index is 720. The van der Waals surface area contributed by atoms with Gasteiger partial charge in [0.25, 0.3) is 0 Å². The van der Waals surface area contributed by atoms with E-state index in [1.165, 1.54) is 17.4 Å². The molecule has 3 aromatic rings. The Kier molecular flexibility index (Phi) is 3.04. The molecule has 2 aromatic heterocycles. The Balaban J connectivity index is 2.17. The van der Waals surface area contributed by atoms with Crippen molar-refractivity contribution in [2.45, 2.75) is 0 Å². The average Bonchev–Trinajstić information content (AvgIpc) is 3.01. The summed E-state index contributed by atoms with van der Waals surface area (Å²) in [6.07, 6.45) is 0. The number of nitrogens with zero attached hydrogens (tertiary/aromatic N) is 1. The van der Waals surface area contributed by atoms with Gasteiger partial charge in [0.1, 0.15) is 0 Å². The van der Waals surface area contributed by atoms with E-state index in [4.69, 9.17) is 5.73 Å². The van der Waals surface area contributed by atoms with Crippen LogP contribution in [-0.4, -0.2) is 4.98 Å². The largest absolute Gasteiger partial charge is 0.375 e. The second-order valence-electron chi connectivity index (χ2n) is 3.84. The van der Waals surface area contributed by atoms with Crippen molar-refractivity contribution in [2.75, 3.05) is 5.73 Å². The van der Waals surface area contributed by atoms with E-state index in [0.717, 1.165) is 21.9 Å². The Morgan fingerprint density at radius 1 is 1.11 bits per heavy atom. The van der Waals surface area contributed by atoms with Gasteiger partial charge in [-0.05, 0) is 29.6 Å². The lowest BCUT2D eigenvalue weighted by Gasteiger charge is -2.01. The van der Waals surface area contributed by atoms with E-state index < -0.39 is 11.6 Å². The van der Waals surface area contributed by atoms with Gasteiger partial charge >= 0.3 is 0 Å². The number of thiazole rings is 1. The summed E-state index contributed by atoms with van der Waals surface area (Å²) in [4.78, 5) is 6.10. The smallest absolute Gasteiger partial charge is 0.181 e. The van der Waals surface area contributed by atoms with Crippen LogP contribution in [-0.2, 0) is 0 Å². The van der Waals surface area contributed by atoms with Crippen LogP contribution in [0.15, 0.2) is 35.7 Å². The van der Waals surface area contributed by atoms with E-state index in [2.05, 4.69) is 4.98 Å². The van der Waals surface area contributed by atoms with E-state index in [-0.39, 0.29) is 0 Å². The molecule has 0 radical (unpaired) electrons. The van der Waals surface area contributed by atoms with Gasteiger partial charge in [-0.3, -0.25) is 0 Å². The van der Waals surface area contributed by atoms with Crippen molar-refractivity contribution in [1.82, 2.24) is 4.98 Å². The van der Waals surface area contributed by atoms with E-state index in [1.54, 1.807) is 11.3 Å². The molecule has 19 heavy (non-hydrogen) atoms. The molecule has 0 amide bonds. The lowest BCUT2D eigenvalue weighted by molar-refractivity contribution is 0.509. The molecule has 96 valence electrons. The summed E-state index contributed by atoms with van der Waals surface area (Å²) in [7, 11) is 0. The first-order valence-electron chi connectivity index (χ1n) is 5.41. The lowest BCUT2D eigenvalue weighted by atomic mass is 10.1. The van der Waals surface area contributed by atoms with Crippen LogP contribution in [0.4, 0.5) is 13.9 Å². The number of rotatable bonds is 2. The summed E-state index contributed by atoms with van der Waals surface area (Å²) < 4.78 is 26.3. The van der Waals surface area contributed by atoms with Crippen LogP contribution in [0, 0.1) is 11.6 Å². The Morgan fingerprint density at radius 2 is 1.95 bits per heavy atom. The van der Waals surface area contributed by atoms with Crippen molar-refractivity contribution in [2.24, 2.45) is 0 Å². The second-order valence-corrected chi connectivity index (χ2v) is 5.81. The van der Waals surface area contributed by atoms with E-state index in [0.29, 0.717) is 16.4 Å². The minimum absolute atomic E-state index is 0.406. The molecule has 0 aliphatic carbocycles. The minimum Gasteiger partial charge on any atom is -0.375 e. The lowest BCUT2D eigenvalue weighted by Crippen LogP contribution is -1.88. The van der Waals surface area contributed by atoms with Crippen molar-refractivity contribution in [1.29, 1.82) is 0 Å². The predicted molar refractivity (Wildman–Crippen MR) is 75.2 cm³/mol. The molecule has 0 fully saturated rings. The third-order valence-corrected chi connectivity index (χ3v) is 4.52. The summed E-state index contributed by atoms with van der Waals surface area (Å²) in [5, 5.41) is 2.35. The van der Waals surface area contributed by atoms with Gasteiger partial charge < -0.3 is 5.73 Å². The van der Waals surface area contributed by atoms with Gasteiger partial charge in [0.05, 0.1) is 10.6 Å². The first-order chi connectivity index (χ1) is 9.15. The molecule has 2 N–H and O–H groups in total. The maximum absolute atomic E-state index is 13.3. The van der Waals surface area contributed by atoms with Crippen LogP contribution in [0.5, 0.6) is 0 Å². The van der Waals surface area contributed by atoms with Crippen molar-refractivity contribution in [3.05, 3.63) is 47.3 Å². The number of benzene rings is 1. The van der Waals surface area contributed by atoms with Crippen molar-refractivity contribution >= 4 is 27.8 Å². The quantitative estimate of drug-likeness (QED) is 0.761. The molecule has 2 heterocycles. The molecule has 1 aromatic carbocycles. The summed E-state index contributed by atoms with van der Waals surface area (Å²) in [6, 6.07) is 7.61. The number of halogens is 2. The Hall–Kier alpha value is -1.79. The number of hydrogen-bond acceptors (Lipinski definition) is 4. The molecule has 0 atom stereocenters. The van der Waals surface area contributed by atoms with E-state index in [1.807, 2.05) is 17.5 Å². The third kappa shape index (κ3) is 2.24. The predicted octanol–water partition coefficient (Wildman–Crippen LogP) is 4.40. The molecule has 0 unspecified atom stereocenters. The SMILES string of the molecule is Nc1nc(-c2ccc(F)c(F)c2)c(-c2cccs2)s1. The van der Waals surface area contributed by atoms with Gasteiger partial charge in [-0.1, -0.05) is 17.4 Å². The second kappa shape index (κ2) is 4.71. The third-order valence-electron chi connectivity index (χ3n) is 2.58. The van der Waals surface area contributed by atoms with Crippen molar-refractivity contribution in [3.63, 3.8) is 0 Å². The summed E-state index contributed by atoms with van der Waals surface area (Å²) in [6.45, 7) is 0. The molecule has 0 saturated heterocycles. The molecule has 2 nitrogen and oxygen atoms in total. The molecular formula is C13H8F2N2S2. The van der Waals surface area contributed by atoms with Crippen LogP contribution in [0.1, 0.15) is 0 Å². The summed E-state index contributed by atoms with van der Waals surface area (Å²) in [5.41, 5.74) is 6.85. The Labute approximate surface area is 116 Å². The fourth-order valence-corrected chi connectivity index (χ4v) is 3.46. The standard InChI is InChI=1S/C13H8F2N2S2/c14-8-4-3-7(6-9(8)15)11-12(19-13(16)17-11)10-2-1-5-18-10/h1-6H,(H2,16,17). The molecule has 0 spiro atoms. The molecule has 0 aliphatic heterocycles. The highest BCUT2D eigenvalue weighted by Gasteiger charge is 2.15. The number of anilines is 1. The minimum atomic E-state index is -0.888. The zero-order chi connectivity index (χ0) is 13.4. The van der Waals surface area contributed by atoms with Gasteiger partial charge in [-0.15, -0.1) is 11.3 Å². The maximum Gasteiger partial charge on any atom is 0.181 e. The van der Waals surface area contributed by atoms with Crippen LogP contribution in [0.2, 0.25) is 0 Å². The van der Waals surface area contributed by atoms with Crippen LogP contribution < -0.4 is 5.73 Å². The van der Waals surface area contributed by atoms with Crippen LogP contribution in [0.3, 0.4) is 0 Å². The average molecular weight is 294 g/mol. The molecule has 3 rings (SSSR count). The van der Waals surface area contributed by atoms with Crippen LogP contribution >= 0.6 is 22.7 Å². The van der Waals surface area contributed by atoms with Gasteiger partial charge in [0.15, 0.2) is 16.8 Å².